The van der Waals surface area contributed by atoms with E-state index in [0.717, 1.165) is 5.56 Å². The molecule has 34 heavy (non-hydrogen) atoms. The largest absolute Gasteiger partial charge is 0.337 e. The summed E-state index contributed by atoms with van der Waals surface area (Å²) in [5, 5.41) is 4.85. The van der Waals surface area contributed by atoms with Gasteiger partial charge in [0.2, 0.25) is 10.9 Å². The maximum atomic E-state index is 13.6. The molecular weight excluding hydrogens is 453 g/mol. The molecule has 9 heteroatoms. The molecule has 172 valence electrons. The number of halogens is 1. The number of rotatable bonds is 5. The van der Waals surface area contributed by atoms with E-state index in [4.69, 9.17) is 0 Å². The predicted octanol–water partition coefficient (Wildman–Crippen LogP) is 3.31. The van der Waals surface area contributed by atoms with Crippen LogP contribution in [0.15, 0.2) is 71.5 Å². The van der Waals surface area contributed by atoms with Gasteiger partial charge in [-0.1, -0.05) is 53.8 Å². The molecule has 0 atom stereocenters. The summed E-state index contributed by atoms with van der Waals surface area (Å²) in [6, 6.07) is 17.3. The highest BCUT2D eigenvalue weighted by atomic mass is 32.1. The minimum absolute atomic E-state index is 0.00386. The fourth-order valence-electron chi connectivity index (χ4n) is 3.87. The highest BCUT2D eigenvalue weighted by Crippen LogP contribution is 2.25. The Bertz CT molecular complexity index is 1410. The van der Waals surface area contributed by atoms with Crippen LogP contribution >= 0.6 is 11.3 Å². The number of fused-ring (bicyclic) bond motifs is 1. The van der Waals surface area contributed by atoms with Crippen LogP contribution in [0.2, 0.25) is 0 Å². The second-order valence-electron chi connectivity index (χ2n) is 8.04. The molecule has 5 rings (SSSR count). The molecule has 2 aromatic heterocycles. The Morgan fingerprint density at radius 1 is 1.03 bits per heavy atom. The molecule has 0 saturated carbocycles. The van der Waals surface area contributed by atoms with Gasteiger partial charge in [-0.05, 0) is 23.8 Å². The van der Waals surface area contributed by atoms with Crippen LogP contribution in [-0.2, 0) is 11.3 Å². The normalized spacial score (nSPS) is 14.8. The van der Waals surface area contributed by atoms with Crippen molar-refractivity contribution in [3.63, 3.8) is 0 Å². The molecule has 0 N–H and O–H groups in total. The number of nitrogens with zero attached hydrogens (tertiary/aromatic N) is 5. The number of hydrogen-bond acceptors (Lipinski definition) is 6. The third-order valence-corrected chi connectivity index (χ3v) is 6.61. The zero-order valence-corrected chi connectivity index (χ0v) is 19.1. The van der Waals surface area contributed by atoms with E-state index in [1.165, 1.54) is 34.1 Å². The van der Waals surface area contributed by atoms with Gasteiger partial charge >= 0.3 is 0 Å². The number of benzene rings is 2. The van der Waals surface area contributed by atoms with Crippen molar-refractivity contribution in [2.45, 2.75) is 6.54 Å². The summed E-state index contributed by atoms with van der Waals surface area (Å²) >= 11 is 1.25. The summed E-state index contributed by atoms with van der Waals surface area (Å²) in [6.07, 6.45) is 3.44. The Balaban J connectivity index is 1.23. The van der Waals surface area contributed by atoms with Crippen molar-refractivity contribution in [1.29, 1.82) is 0 Å². The summed E-state index contributed by atoms with van der Waals surface area (Å²) in [6.45, 7) is 3.14. The Kier molecular flexibility index (Phi) is 6.29. The summed E-state index contributed by atoms with van der Waals surface area (Å²) in [5.41, 5.74) is 1.99. The van der Waals surface area contributed by atoms with Crippen molar-refractivity contribution >= 4 is 28.3 Å². The first-order valence-corrected chi connectivity index (χ1v) is 11.8. The zero-order valence-electron chi connectivity index (χ0n) is 18.3. The van der Waals surface area contributed by atoms with Crippen LogP contribution in [0.1, 0.15) is 11.3 Å². The lowest BCUT2D eigenvalue weighted by atomic mass is 10.2. The quantitative estimate of drug-likeness (QED) is 0.414. The molecule has 1 aliphatic heterocycles. The van der Waals surface area contributed by atoms with Crippen molar-refractivity contribution in [2.75, 3.05) is 26.2 Å². The molecule has 1 aliphatic rings. The van der Waals surface area contributed by atoms with Crippen LogP contribution in [0.3, 0.4) is 0 Å². The van der Waals surface area contributed by atoms with Gasteiger partial charge in [0.05, 0.1) is 5.69 Å². The van der Waals surface area contributed by atoms with Crippen molar-refractivity contribution in [2.24, 2.45) is 0 Å². The number of hydrogen-bond donors (Lipinski definition) is 0. The molecule has 0 unspecified atom stereocenters. The Labute approximate surface area is 199 Å². The third kappa shape index (κ3) is 4.95. The van der Waals surface area contributed by atoms with E-state index in [0.29, 0.717) is 53.9 Å². The van der Waals surface area contributed by atoms with Crippen molar-refractivity contribution < 1.29 is 9.18 Å². The number of piperazine rings is 1. The van der Waals surface area contributed by atoms with E-state index in [-0.39, 0.29) is 17.3 Å². The third-order valence-electron chi connectivity index (χ3n) is 5.66. The second-order valence-corrected chi connectivity index (χ2v) is 9.00. The molecule has 1 saturated heterocycles. The van der Waals surface area contributed by atoms with Crippen LogP contribution in [-0.4, -0.2) is 56.5 Å². The lowest BCUT2D eigenvalue weighted by Gasteiger charge is -2.34. The van der Waals surface area contributed by atoms with Gasteiger partial charge in [0.1, 0.15) is 10.8 Å². The van der Waals surface area contributed by atoms with Crippen LogP contribution in [0.25, 0.3) is 21.6 Å². The van der Waals surface area contributed by atoms with Crippen LogP contribution in [0.4, 0.5) is 4.39 Å². The summed E-state index contributed by atoms with van der Waals surface area (Å²) in [5.74, 6) is -0.359. The molecule has 7 nitrogen and oxygen atoms in total. The molecule has 1 fully saturated rings. The van der Waals surface area contributed by atoms with Gasteiger partial charge in [-0.25, -0.2) is 9.37 Å². The predicted molar refractivity (Wildman–Crippen MR) is 130 cm³/mol. The smallest absolute Gasteiger partial charge is 0.275 e. The van der Waals surface area contributed by atoms with Crippen LogP contribution < -0.4 is 5.56 Å². The fraction of sp³-hybridized carbons (Fsp3) is 0.200. The van der Waals surface area contributed by atoms with Gasteiger partial charge in [-0.3, -0.25) is 14.5 Å². The first-order chi connectivity index (χ1) is 16.5. The molecule has 0 spiro atoms. The van der Waals surface area contributed by atoms with Crippen LogP contribution in [0.5, 0.6) is 0 Å². The summed E-state index contributed by atoms with van der Waals surface area (Å²) in [7, 11) is 0. The zero-order chi connectivity index (χ0) is 23.5. The molecule has 4 aromatic rings. The van der Waals surface area contributed by atoms with E-state index in [2.05, 4.69) is 15.0 Å². The lowest BCUT2D eigenvalue weighted by Crippen LogP contribution is -2.48. The number of carbonyl (C=O) groups is 1. The molecule has 2 aromatic carbocycles. The monoisotopic (exact) mass is 475 g/mol. The van der Waals surface area contributed by atoms with Crippen molar-refractivity contribution in [1.82, 2.24) is 24.4 Å². The highest BCUT2D eigenvalue weighted by Gasteiger charge is 2.21. The summed E-state index contributed by atoms with van der Waals surface area (Å²) < 4.78 is 14.8. The molecular formula is C25H22FN5O2S. The Morgan fingerprint density at radius 2 is 1.82 bits per heavy atom. The van der Waals surface area contributed by atoms with Crippen LogP contribution in [0, 0.1) is 5.82 Å². The minimum Gasteiger partial charge on any atom is -0.337 e. The highest BCUT2D eigenvalue weighted by molar-refractivity contribution is 7.19. The van der Waals surface area contributed by atoms with Gasteiger partial charge in [-0.2, -0.15) is 9.61 Å². The number of amides is 1. The first kappa shape index (κ1) is 22.1. The maximum Gasteiger partial charge on any atom is 0.275 e. The molecule has 1 amide bonds. The SMILES string of the molecule is O=C(C=Cc1ccccc1)N1CCN(Cc2cc(=O)n3nc(-c4cccc(F)c4)sc3n2)CC1. The standard InChI is InChI=1S/C25H22FN5O2S/c26-20-8-4-7-19(15-20)24-28-31-23(33)16-21(27-25(31)34-24)17-29-11-13-30(14-12-29)22(32)10-9-18-5-2-1-3-6-18/h1-10,15-16H,11-14,17H2. The van der Waals surface area contributed by atoms with Crippen molar-refractivity contribution in [3.8, 4) is 10.6 Å². The molecule has 3 heterocycles. The van der Waals surface area contributed by atoms with Gasteiger partial charge in [-0.15, -0.1) is 0 Å². The second kappa shape index (κ2) is 9.66. The van der Waals surface area contributed by atoms with E-state index in [9.17, 15) is 14.0 Å². The Morgan fingerprint density at radius 3 is 2.59 bits per heavy atom. The maximum absolute atomic E-state index is 13.6. The van der Waals surface area contributed by atoms with E-state index < -0.39 is 0 Å². The van der Waals surface area contributed by atoms with Gasteiger partial charge in [0.15, 0.2) is 0 Å². The van der Waals surface area contributed by atoms with Gasteiger partial charge in [0.25, 0.3) is 5.56 Å². The Hall–Kier alpha value is -3.69. The number of aromatic nitrogens is 3. The van der Waals surface area contributed by atoms with Gasteiger partial charge in [0, 0.05) is 50.4 Å². The van der Waals surface area contributed by atoms with E-state index >= 15 is 0 Å². The van der Waals surface area contributed by atoms with E-state index in [1.807, 2.05) is 41.3 Å². The fourth-order valence-corrected chi connectivity index (χ4v) is 4.79. The van der Waals surface area contributed by atoms with Crippen molar-refractivity contribution in [3.05, 3.63) is 94.2 Å². The molecule has 0 radical (unpaired) electrons. The van der Waals surface area contributed by atoms with Gasteiger partial charge < -0.3 is 4.90 Å². The molecule has 0 bridgehead atoms. The lowest BCUT2D eigenvalue weighted by molar-refractivity contribution is -0.127. The number of carbonyl (C=O) groups excluding carboxylic acids is 1. The average Bonchev–Trinajstić information content (AvgIpc) is 3.29. The average molecular weight is 476 g/mol. The molecule has 0 aliphatic carbocycles. The topological polar surface area (TPSA) is 70.8 Å². The minimum atomic E-state index is -0.356. The summed E-state index contributed by atoms with van der Waals surface area (Å²) in [4.78, 5) is 34.2. The van der Waals surface area contributed by atoms with E-state index in [1.54, 1.807) is 18.2 Å². The first-order valence-electron chi connectivity index (χ1n) is 11.0.